The monoisotopic (exact) mass is 305 g/mol. The molecule has 0 radical (unpaired) electrons. The van der Waals surface area contributed by atoms with E-state index in [1.807, 2.05) is 54.6 Å². The molecule has 3 rings (SSSR count). The second kappa shape index (κ2) is 7.22. The Hall–Kier alpha value is -3.14. The van der Waals surface area contributed by atoms with Crippen molar-refractivity contribution in [2.45, 2.75) is 6.61 Å². The van der Waals surface area contributed by atoms with Gasteiger partial charge < -0.3 is 9.47 Å². The molecule has 0 atom stereocenters. The summed E-state index contributed by atoms with van der Waals surface area (Å²) in [6, 6.07) is 20.4. The zero-order valence-electron chi connectivity index (χ0n) is 12.4. The van der Waals surface area contributed by atoms with Gasteiger partial charge in [-0.15, -0.1) is 0 Å². The number of hydrogen-bond donors (Lipinski definition) is 0. The number of para-hydroxylation sites is 1. The number of pyridine rings is 1. The third-order valence-electron chi connectivity index (χ3n) is 3.14. The largest absolute Gasteiger partial charge is 0.457 e. The summed E-state index contributed by atoms with van der Waals surface area (Å²) in [5, 5.41) is 0. The summed E-state index contributed by atoms with van der Waals surface area (Å²) in [6.45, 7) is 0.180. The lowest BCUT2D eigenvalue weighted by molar-refractivity contribution is 0.0472. The molecule has 0 spiro atoms. The fourth-order valence-corrected chi connectivity index (χ4v) is 2.04. The van der Waals surface area contributed by atoms with Crippen LogP contribution in [0.15, 0.2) is 79.1 Å². The van der Waals surface area contributed by atoms with Gasteiger partial charge in [0.2, 0.25) is 0 Å². The van der Waals surface area contributed by atoms with E-state index in [1.54, 1.807) is 18.3 Å². The number of carbonyl (C=O) groups is 1. The van der Waals surface area contributed by atoms with Gasteiger partial charge in [0.25, 0.3) is 0 Å². The maximum Gasteiger partial charge on any atom is 0.340 e. The molecule has 0 aliphatic rings. The molecule has 0 fully saturated rings. The van der Waals surface area contributed by atoms with E-state index in [1.165, 1.54) is 6.20 Å². The molecule has 1 aromatic heterocycles. The van der Waals surface area contributed by atoms with Crippen LogP contribution in [0.3, 0.4) is 0 Å². The van der Waals surface area contributed by atoms with Crippen LogP contribution in [0.2, 0.25) is 0 Å². The average molecular weight is 305 g/mol. The minimum Gasteiger partial charge on any atom is -0.457 e. The minimum atomic E-state index is -0.396. The minimum absolute atomic E-state index is 0.180. The van der Waals surface area contributed by atoms with Crippen LogP contribution >= 0.6 is 0 Å². The number of aromatic nitrogens is 1. The van der Waals surface area contributed by atoms with Gasteiger partial charge in [0, 0.05) is 12.4 Å². The van der Waals surface area contributed by atoms with Crippen molar-refractivity contribution in [3.63, 3.8) is 0 Å². The predicted molar refractivity (Wildman–Crippen MR) is 86.3 cm³/mol. The summed E-state index contributed by atoms with van der Waals surface area (Å²) < 4.78 is 11.0. The van der Waals surface area contributed by atoms with Crippen molar-refractivity contribution >= 4 is 5.97 Å². The maximum atomic E-state index is 11.9. The van der Waals surface area contributed by atoms with Crippen LogP contribution in [0, 0.1) is 0 Å². The van der Waals surface area contributed by atoms with Crippen LogP contribution in [-0.4, -0.2) is 11.0 Å². The lowest BCUT2D eigenvalue weighted by atomic mass is 10.2. The average Bonchev–Trinajstić information content (AvgIpc) is 2.62. The molecule has 1 heterocycles. The van der Waals surface area contributed by atoms with E-state index in [4.69, 9.17) is 9.47 Å². The molecule has 4 heteroatoms. The van der Waals surface area contributed by atoms with Crippen molar-refractivity contribution in [2.24, 2.45) is 0 Å². The van der Waals surface area contributed by atoms with Gasteiger partial charge in [-0.2, -0.15) is 0 Å². The second-order valence-corrected chi connectivity index (χ2v) is 4.88. The van der Waals surface area contributed by atoms with E-state index in [0.29, 0.717) is 11.3 Å². The molecule has 0 N–H and O–H groups in total. The molecule has 0 aliphatic carbocycles. The first-order valence-corrected chi connectivity index (χ1v) is 7.20. The zero-order valence-corrected chi connectivity index (χ0v) is 12.4. The molecule has 3 aromatic rings. The van der Waals surface area contributed by atoms with Gasteiger partial charge in [-0.1, -0.05) is 30.3 Å². The molecule has 0 unspecified atom stereocenters. The number of hydrogen-bond acceptors (Lipinski definition) is 4. The van der Waals surface area contributed by atoms with Gasteiger partial charge in [-0.25, -0.2) is 4.79 Å². The Morgan fingerprint density at radius 2 is 1.74 bits per heavy atom. The van der Waals surface area contributed by atoms with Gasteiger partial charge in [0.1, 0.15) is 18.1 Å². The highest BCUT2D eigenvalue weighted by Crippen LogP contribution is 2.22. The third kappa shape index (κ3) is 4.17. The summed E-state index contributed by atoms with van der Waals surface area (Å²) in [6.07, 6.45) is 3.10. The van der Waals surface area contributed by atoms with Gasteiger partial charge in [-0.05, 0) is 42.0 Å². The Morgan fingerprint density at radius 3 is 2.52 bits per heavy atom. The molecule has 0 aliphatic heterocycles. The van der Waals surface area contributed by atoms with Crippen LogP contribution in [0.25, 0.3) is 0 Å². The molecular weight excluding hydrogens is 290 g/mol. The SMILES string of the molecule is O=C(OCc1cccc(Oc2ccccc2)c1)c1cccnc1. The quantitative estimate of drug-likeness (QED) is 0.662. The van der Waals surface area contributed by atoms with Crippen LogP contribution in [0.5, 0.6) is 11.5 Å². The van der Waals surface area contributed by atoms with Crippen molar-refractivity contribution in [2.75, 3.05) is 0 Å². The fourth-order valence-electron chi connectivity index (χ4n) is 2.04. The van der Waals surface area contributed by atoms with Crippen molar-refractivity contribution in [3.8, 4) is 11.5 Å². The maximum absolute atomic E-state index is 11.9. The van der Waals surface area contributed by atoms with Crippen molar-refractivity contribution in [1.29, 1.82) is 0 Å². The van der Waals surface area contributed by atoms with Gasteiger partial charge in [0.05, 0.1) is 5.56 Å². The highest BCUT2D eigenvalue weighted by molar-refractivity contribution is 5.88. The van der Waals surface area contributed by atoms with Crippen LogP contribution in [0.1, 0.15) is 15.9 Å². The third-order valence-corrected chi connectivity index (χ3v) is 3.14. The first-order chi connectivity index (χ1) is 11.3. The van der Waals surface area contributed by atoms with Crippen LogP contribution in [0.4, 0.5) is 0 Å². The number of ether oxygens (including phenoxy) is 2. The molecule has 114 valence electrons. The number of benzene rings is 2. The fraction of sp³-hybridized carbons (Fsp3) is 0.0526. The Labute approximate surface area is 134 Å². The molecule has 0 saturated carbocycles. The molecule has 4 nitrogen and oxygen atoms in total. The highest BCUT2D eigenvalue weighted by atomic mass is 16.5. The van der Waals surface area contributed by atoms with Gasteiger partial charge >= 0.3 is 5.97 Å². The van der Waals surface area contributed by atoms with E-state index >= 15 is 0 Å². The molecule has 23 heavy (non-hydrogen) atoms. The Balaban J connectivity index is 1.63. The first-order valence-electron chi connectivity index (χ1n) is 7.20. The van der Waals surface area contributed by atoms with Gasteiger partial charge in [-0.3, -0.25) is 4.98 Å². The van der Waals surface area contributed by atoms with E-state index in [9.17, 15) is 4.79 Å². The molecule has 0 saturated heterocycles. The molecule has 2 aromatic carbocycles. The molecular formula is C19H15NO3. The summed E-state index contributed by atoms with van der Waals surface area (Å²) in [5.41, 5.74) is 1.29. The summed E-state index contributed by atoms with van der Waals surface area (Å²) in [7, 11) is 0. The number of carbonyl (C=O) groups excluding carboxylic acids is 1. The summed E-state index contributed by atoms with van der Waals surface area (Å²) in [5.74, 6) is 1.07. The molecule has 0 bridgehead atoms. The van der Waals surface area contributed by atoms with E-state index in [0.717, 1.165) is 11.3 Å². The smallest absolute Gasteiger partial charge is 0.340 e. The standard InChI is InChI=1S/C19H15NO3/c21-19(16-7-5-11-20-13-16)22-14-15-6-4-10-18(12-15)23-17-8-2-1-3-9-17/h1-13H,14H2. The Bertz CT molecular complexity index is 773. The number of rotatable bonds is 5. The Kier molecular flexibility index (Phi) is 4.64. The normalized spacial score (nSPS) is 10.1. The predicted octanol–water partition coefficient (Wildman–Crippen LogP) is 4.23. The Morgan fingerprint density at radius 1 is 0.913 bits per heavy atom. The van der Waals surface area contributed by atoms with Crippen LogP contribution in [-0.2, 0) is 11.3 Å². The molecule has 0 amide bonds. The van der Waals surface area contributed by atoms with Crippen LogP contribution < -0.4 is 4.74 Å². The van der Waals surface area contributed by atoms with E-state index in [2.05, 4.69) is 4.98 Å². The van der Waals surface area contributed by atoms with E-state index in [-0.39, 0.29) is 6.61 Å². The lowest BCUT2D eigenvalue weighted by Crippen LogP contribution is -2.05. The number of nitrogens with zero attached hydrogens (tertiary/aromatic N) is 1. The summed E-state index contributed by atoms with van der Waals surface area (Å²) >= 11 is 0. The van der Waals surface area contributed by atoms with Crippen molar-refractivity contribution in [3.05, 3.63) is 90.3 Å². The van der Waals surface area contributed by atoms with Gasteiger partial charge in [0.15, 0.2) is 0 Å². The lowest BCUT2D eigenvalue weighted by Gasteiger charge is -2.08. The highest BCUT2D eigenvalue weighted by Gasteiger charge is 2.07. The second-order valence-electron chi connectivity index (χ2n) is 4.88. The topological polar surface area (TPSA) is 48.4 Å². The van der Waals surface area contributed by atoms with Crippen molar-refractivity contribution < 1.29 is 14.3 Å². The summed E-state index contributed by atoms with van der Waals surface area (Å²) in [4.78, 5) is 15.8. The van der Waals surface area contributed by atoms with Crippen molar-refractivity contribution in [1.82, 2.24) is 4.98 Å². The number of esters is 1. The first kappa shape index (κ1) is 14.8. The van der Waals surface area contributed by atoms with E-state index < -0.39 is 5.97 Å². The zero-order chi connectivity index (χ0) is 15.9.